The number of thioether (sulfide) groups is 1. The van der Waals surface area contributed by atoms with Crippen LogP contribution in [0.2, 0.25) is 5.02 Å². The Morgan fingerprint density at radius 2 is 2.12 bits per heavy atom. The molecule has 0 atom stereocenters. The molecule has 2 aromatic rings. The van der Waals surface area contributed by atoms with E-state index >= 15 is 0 Å². The molecule has 2 aliphatic carbocycles. The van der Waals surface area contributed by atoms with E-state index in [0.717, 1.165) is 48.1 Å². The molecule has 4 rings (SSSR count). The number of halogens is 1. The van der Waals surface area contributed by atoms with Crippen LogP contribution in [0.3, 0.4) is 0 Å². The molecule has 1 N–H and O–H groups in total. The highest BCUT2D eigenvalue weighted by molar-refractivity contribution is 7.99. The lowest BCUT2D eigenvalue weighted by atomic mass is 10.1. The van der Waals surface area contributed by atoms with Crippen molar-refractivity contribution in [3.8, 4) is 5.69 Å². The third-order valence-electron chi connectivity index (χ3n) is 5.62. The molecular formula is C26H29ClN4OS. The van der Waals surface area contributed by atoms with E-state index in [1.54, 1.807) is 11.8 Å². The maximum Gasteiger partial charge on any atom is 0.220 e. The van der Waals surface area contributed by atoms with Crippen LogP contribution in [0.5, 0.6) is 0 Å². The molecule has 0 unspecified atom stereocenters. The van der Waals surface area contributed by atoms with Gasteiger partial charge in [0.05, 0.1) is 5.69 Å². The van der Waals surface area contributed by atoms with Crippen molar-refractivity contribution in [1.82, 2.24) is 20.1 Å². The summed E-state index contributed by atoms with van der Waals surface area (Å²) in [7, 11) is 0. The van der Waals surface area contributed by atoms with Gasteiger partial charge in [0.25, 0.3) is 0 Å². The normalized spacial score (nSPS) is 15.3. The SMILES string of the molecule is O=C(CCCc1nnc(SCC2=CC=CCC2)n1-c1cccc(Cl)c1)NCC1=CCCC=C1. The van der Waals surface area contributed by atoms with E-state index < -0.39 is 0 Å². The Balaban J connectivity index is 1.39. The highest BCUT2D eigenvalue weighted by Gasteiger charge is 2.16. The topological polar surface area (TPSA) is 59.8 Å². The average Bonchev–Trinajstić information content (AvgIpc) is 3.25. The highest BCUT2D eigenvalue weighted by Crippen LogP contribution is 2.27. The zero-order valence-electron chi connectivity index (χ0n) is 18.7. The summed E-state index contributed by atoms with van der Waals surface area (Å²) in [5.41, 5.74) is 3.54. The first-order valence-corrected chi connectivity index (χ1v) is 12.9. The number of aryl methyl sites for hydroxylation is 1. The van der Waals surface area contributed by atoms with Crippen LogP contribution in [0.15, 0.2) is 77.0 Å². The fourth-order valence-corrected chi connectivity index (χ4v) is 5.03. The molecule has 2 aliphatic rings. The van der Waals surface area contributed by atoms with Gasteiger partial charge < -0.3 is 5.32 Å². The van der Waals surface area contributed by atoms with E-state index in [-0.39, 0.29) is 5.91 Å². The number of allylic oxidation sites excluding steroid dienone is 5. The summed E-state index contributed by atoms with van der Waals surface area (Å²) in [6, 6.07) is 7.75. The summed E-state index contributed by atoms with van der Waals surface area (Å²) in [5.74, 6) is 1.80. The maximum atomic E-state index is 12.3. The first-order chi connectivity index (χ1) is 16.2. The van der Waals surface area contributed by atoms with Crippen molar-refractivity contribution in [3.05, 3.63) is 82.7 Å². The first-order valence-electron chi connectivity index (χ1n) is 11.5. The van der Waals surface area contributed by atoms with Crippen molar-refractivity contribution < 1.29 is 4.79 Å². The number of carbonyl (C=O) groups excluding carboxylic acids is 1. The van der Waals surface area contributed by atoms with Crippen LogP contribution < -0.4 is 5.32 Å². The van der Waals surface area contributed by atoms with E-state index in [2.05, 4.69) is 56.5 Å². The zero-order chi connectivity index (χ0) is 22.9. The third kappa shape index (κ3) is 6.95. The number of rotatable bonds is 10. The van der Waals surface area contributed by atoms with Gasteiger partial charge >= 0.3 is 0 Å². The molecule has 172 valence electrons. The van der Waals surface area contributed by atoms with Gasteiger partial charge in [-0.05, 0) is 55.9 Å². The van der Waals surface area contributed by atoms with Gasteiger partial charge in [0.2, 0.25) is 5.91 Å². The number of hydrogen-bond donors (Lipinski definition) is 1. The molecule has 33 heavy (non-hydrogen) atoms. The quantitative estimate of drug-likeness (QED) is 0.423. The Kier molecular flexibility index (Phi) is 8.61. The second kappa shape index (κ2) is 12.1. The summed E-state index contributed by atoms with van der Waals surface area (Å²) in [4.78, 5) is 12.3. The summed E-state index contributed by atoms with van der Waals surface area (Å²) in [6.07, 6.45) is 19.1. The van der Waals surface area contributed by atoms with Crippen molar-refractivity contribution in [2.75, 3.05) is 12.3 Å². The second-order valence-electron chi connectivity index (χ2n) is 8.18. The minimum absolute atomic E-state index is 0.0654. The van der Waals surface area contributed by atoms with E-state index in [1.165, 1.54) is 11.1 Å². The third-order valence-corrected chi connectivity index (χ3v) is 6.89. The molecule has 0 radical (unpaired) electrons. The monoisotopic (exact) mass is 480 g/mol. The van der Waals surface area contributed by atoms with Crippen molar-refractivity contribution in [2.45, 2.75) is 50.1 Å². The summed E-state index contributed by atoms with van der Waals surface area (Å²) in [6.45, 7) is 0.597. The van der Waals surface area contributed by atoms with E-state index in [1.807, 2.05) is 24.3 Å². The number of nitrogens with one attached hydrogen (secondary N) is 1. The van der Waals surface area contributed by atoms with E-state index in [4.69, 9.17) is 11.6 Å². The Morgan fingerprint density at radius 1 is 1.18 bits per heavy atom. The molecule has 1 amide bonds. The van der Waals surface area contributed by atoms with Crippen LogP contribution in [0.4, 0.5) is 0 Å². The molecule has 1 aromatic carbocycles. The predicted octanol–water partition coefficient (Wildman–Crippen LogP) is 6.00. The Morgan fingerprint density at radius 3 is 2.91 bits per heavy atom. The van der Waals surface area contributed by atoms with Crippen molar-refractivity contribution in [1.29, 1.82) is 0 Å². The lowest BCUT2D eigenvalue weighted by Crippen LogP contribution is -2.25. The fourth-order valence-electron chi connectivity index (χ4n) is 3.86. The fraction of sp³-hybridized carbons (Fsp3) is 0.346. The van der Waals surface area contributed by atoms with Crippen molar-refractivity contribution >= 4 is 29.3 Å². The Hall–Kier alpha value is -2.57. The van der Waals surface area contributed by atoms with Gasteiger partial charge in [-0.3, -0.25) is 9.36 Å². The minimum atomic E-state index is 0.0654. The van der Waals surface area contributed by atoms with Crippen molar-refractivity contribution in [2.24, 2.45) is 0 Å². The summed E-state index contributed by atoms with van der Waals surface area (Å²) < 4.78 is 2.07. The molecule has 5 nitrogen and oxygen atoms in total. The summed E-state index contributed by atoms with van der Waals surface area (Å²) in [5, 5.41) is 13.5. The van der Waals surface area contributed by atoms with Crippen LogP contribution >= 0.6 is 23.4 Å². The van der Waals surface area contributed by atoms with Gasteiger partial charge in [0, 0.05) is 30.2 Å². The molecule has 1 aromatic heterocycles. The smallest absolute Gasteiger partial charge is 0.220 e. The number of benzene rings is 1. The van der Waals surface area contributed by atoms with Gasteiger partial charge in [0.1, 0.15) is 5.82 Å². The molecule has 7 heteroatoms. The number of hydrogen-bond acceptors (Lipinski definition) is 4. The number of amides is 1. The van der Waals surface area contributed by atoms with Gasteiger partial charge in [-0.15, -0.1) is 10.2 Å². The largest absolute Gasteiger partial charge is 0.352 e. The van der Waals surface area contributed by atoms with Crippen LogP contribution in [-0.2, 0) is 11.2 Å². The molecule has 0 spiro atoms. The zero-order valence-corrected chi connectivity index (χ0v) is 20.2. The van der Waals surface area contributed by atoms with Crippen LogP contribution in [0, 0.1) is 0 Å². The van der Waals surface area contributed by atoms with E-state index in [0.29, 0.717) is 30.8 Å². The first kappa shape index (κ1) is 23.6. The highest BCUT2D eigenvalue weighted by atomic mass is 35.5. The predicted molar refractivity (Wildman–Crippen MR) is 136 cm³/mol. The molecule has 0 bridgehead atoms. The van der Waals surface area contributed by atoms with Crippen LogP contribution in [-0.4, -0.2) is 33.0 Å². The van der Waals surface area contributed by atoms with Crippen LogP contribution in [0.25, 0.3) is 5.69 Å². The molecule has 1 heterocycles. The molecule has 0 saturated carbocycles. The van der Waals surface area contributed by atoms with Crippen molar-refractivity contribution in [3.63, 3.8) is 0 Å². The number of carbonyl (C=O) groups is 1. The van der Waals surface area contributed by atoms with E-state index in [9.17, 15) is 4.79 Å². The van der Waals surface area contributed by atoms with Gasteiger partial charge in [0.15, 0.2) is 5.16 Å². The van der Waals surface area contributed by atoms with Crippen LogP contribution in [0.1, 0.15) is 44.3 Å². The molecule has 0 fully saturated rings. The summed E-state index contributed by atoms with van der Waals surface area (Å²) >= 11 is 7.96. The van der Waals surface area contributed by atoms with Gasteiger partial charge in [-0.2, -0.15) is 0 Å². The molecule has 0 saturated heterocycles. The lowest BCUT2D eigenvalue weighted by molar-refractivity contribution is -0.121. The number of nitrogens with zero attached hydrogens (tertiary/aromatic N) is 3. The molecular weight excluding hydrogens is 452 g/mol. The second-order valence-corrected chi connectivity index (χ2v) is 9.56. The average molecular weight is 481 g/mol. The standard InChI is InChI=1S/C26H29ClN4OS/c27-22-13-7-14-23(17-22)31-24(29-30-26(31)33-19-21-11-5-2-6-12-21)15-8-16-25(32)28-18-20-9-3-1-4-10-20/h2-3,5,7,9-11,13-14,17H,1,4,6,8,12,15-16,18-19H2,(H,28,32). The number of aromatic nitrogens is 3. The maximum absolute atomic E-state index is 12.3. The Bertz CT molecular complexity index is 1100. The molecule has 0 aliphatic heterocycles. The lowest BCUT2D eigenvalue weighted by Gasteiger charge is -2.12. The Labute approximate surface area is 204 Å². The van der Waals surface area contributed by atoms with Gasteiger partial charge in [-0.25, -0.2) is 0 Å². The van der Waals surface area contributed by atoms with Gasteiger partial charge in [-0.1, -0.05) is 71.5 Å². The minimum Gasteiger partial charge on any atom is -0.352 e.